The summed E-state index contributed by atoms with van der Waals surface area (Å²) in [5.41, 5.74) is 2.60. The van der Waals surface area contributed by atoms with Crippen molar-refractivity contribution >= 4 is 17.5 Å². The van der Waals surface area contributed by atoms with Gasteiger partial charge < -0.3 is 5.32 Å². The fourth-order valence-electron chi connectivity index (χ4n) is 2.96. The first-order valence-electron chi connectivity index (χ1n) is 8.63. The van der Waals surface area contributed by atoms with Gasteiger partial charge in [-0.25, -0.2) is 9.07 Å². The number of benzene rings is 2. The Balaban J connectivity index is 1.63. The number of nitrogens with zero attached hydrogens (tertiary/aromatic N) is 5. The molecule has 4 rings (SSSR count). The minimum absolute atomic E-state index is 0.0169. The zero-order chi connectivity index (χ0) is 20.4. The molecule has 8 nitrogen and oxygen atoms in total. The summed E-state index contributed by atoms with van der Waals surface area (Å²) in [4.78, 5) is 12.9. The molecule has 0 aliphatic heterocycles. The van der Waals surface area contributed by atoms with Crippen LogP contribution in [-0.4, -0.2) is 36.3 Å². The molecule has 0 saturated heterocycles. The summed E-state index contributed by atoms with van der Waals surface area (Å²) >= 11 is 5.77. The van der Waals surface area contributed by atoms with Crippen LogP contribution in [0.5, 0.6) is 0 Å². The molecule has 146 valence electrons. The minimum atomic E-state index is -0.806. The second-order valence-corrected chi connectivity index (χ2v) is 6.71. The van der Waals surface area contributed by atoms with Gasteiger partial charge in [-0.15, -0.1) is 10.2 Å². The number of H-pyrrole nitrogens is 1. The predicted molar refractivity (Wildman–Crippen MR) is 103 cm³/mol. The van der Waals surface area contributed by atoms with Crippen LogP contribution in [0.25, 0.3) is 5.69 Å². The number of hydrogen-bond acceptors (Lipinski definition) is 5. The van der Waals surface area contributed by atoms with Gasteiger partial charge in [0.05, 0.1) is 10.7 Å². The van der Waals surface area contributed by atoms with E-state index < -0.39 is 11.9 Å². The number of nitrogens with one attached hydrogen (secondary N) is 2. The molecule has 0 bridgehead atoms. The maximum atomic E-state index is 14.0. The minimum Gasteiger partial charge on any atom is -0.338 e. The molecule has 2 aromatic carbocycles. The third-order valence-corrected chi connectivity index (χ3v) is 4.69. The molecule has 0 aliphatic carbocycles. The van der Waals surface area contributed by atoms with Crippen molar-refractivity contribution in [3.63, 3.8) is 0 Å². The summed E-state index contributed by atoms with van der Waals surface area (Å²) < 4.78 is 15.7. The summed E-state index contributed by atoms with van der Waals surface area (Å²) in [6.07, 6.45) is 3.50. The van der Waals surface area contributed by atoms with Gasteiger partial charge in [0.1, 0.15) is 11.9 Å². The molecule has 0 saturated carbocycles. The van der Waals surface area contributed by atoms with E-state index in [1.54, 1.807) is 29.1 Å². The lowest BCUT2D eigenvalue weighted by Gasteiger charge is -2.17. The van der Waals surface area contributed by atoms with E-state index in [-0.39, 0.29) is 16.8 Å². The Bertz CT molecular complexity index is 1150. The monoisotopic (exact) mass is 411 g/mol. The summed E-state index contributed by atoms with van der Waals surface area (Å²) in [7, 11) is 0. The van der Waals surface area contributed by atoms with Crippen molar-refractivity contribution in [2.45, 2.75) is 13.0 Å². The van der Waals surface area contributed by atoms with E-state index in [0.29, 0.717) is 11.1 Å². The number of carbonyl (C=O) groups excluding carboxylic acids is 1. The quantitative estimate of drug-likeness (QED) is 0.525. The zero-order valence-corrected chi connectivity index (χ0v) is 15.9. The second-order valence-electron chi connectivity index (χ2n) is 6.30. The molecule has 2 aromatic heterocycles. The highest BCUT2D eigenvalue weighted by atomic mass is 35.5. The third kappa shape index (κ3) is 3.85. The van der Waals surface area contributed by atoms with E-state index >= 15 is 0 Å². The van der Waals surface area contributed by atoms with Gasteiger partial charge in [0.25, 0.3) is 5.91 Å². The van der Waals surface area contributed by atoms with Gasteiger partial charge in [-0.05, 0) is 54.4 Å². The van der Waals surface area contributed by atoms with E-state index in [1.807, 2.05) is 25.3 Å². The van der Waals surface area contributed by atoms with E-state index in [1.165, 1.54) is 12.1 Å². The predicted octanol–water partition coefficient (Wildman–Crippen LogP) is 3.01. The Labute approximate surface area is 169 Å². The molecule has 1 amide bonds. The number of aromatic nitrogens is 6. The highest BCUT2D eigenvalue weighted by Crippen LogP contribution is 2.24. The van der Waals surface area contributed by atoms with E-state index in [0.717, 1.165) is 11.3 Å². The smallest absolute Gasteiger partial charge is 0.252 e. The number of aromatic amines is 1. The van der Waals surface area contributed by atoms with Crippen LogP contribution >= 0.6 is 11.6 Å². The van der Waals surface area contributed by atoms with Crippen LogP contribution in [0.4, 0.5) is 4.39 Å². The molecule has 0 fully saturated rings. The van der Waals surface area contributed by atoms with Crippen LogP contribution in [0, 0.1) is 12.7 Å². The van der Waals surface area contributed by atoms with E-state index in [9.17, 15) is 9.18 Å². The van der Waals surface area contributed by atoms with Crippen molar-refractivity contribution in [1.29, 1.82) is 0 Å². The van der Waals surface area contributed by atoms with E-state index in [4.69, 9.17) is 11.6 Å². The molecule has 2 N–H and O–H groups in total. The summed E-state index contributed by atoms with van der Waals surface area (Å²) in [6, 6.07) is 10.5. The molecule has 0 radical (unpaired) electrons. The number of rotatable bonds is 5. The van der Waals surface area contributed by atoms with Crippen molar-refractivity contribution in [3.05, 3.63) is 88.2 Å². The topological polar surface area (TPSA) is 101 Å². The average molecular weight is 412 g/mol. The number of halogens is 2. The average Bonchev–Trinajstić information content (AvgIpc) is 3.42. The van der Waals surface area contributed by atoms with Crippen LogP contribution in [0.15, 0.2) is 54.9 Å². The normalized spacial score (nSPS) is 12.0. The van der Waals surface area contributed by atoms with Gasteiger partial charge in [0.2, 0.25) is 5.82 Å². The molecule has 2 heterocycles. The van der Waals surface area contributed by atoms with Gasteiger partial charge in [0, 0.05) is 18.0 Å². The number of carbonyl (C=O) groups is 1. The van der Waals surface area contributed by atoms with Crippen LogP contribution < -0.4 is 5.32 Å². The summed E-state index contributed by atoms with van der Waals surface area (Å²) in [5.74, 6) is -0.776. The highest BCUT2D eigenvalue weighted by Gasteiger charge is 2.23. The zero-order valence-electron chi connectivity index (χ0n) is 15.2. The highest BCUT2D eigenvalue weighted by molar-refractivity contribution is 6.30. The largest absolute Gasteiger partial charge is 0.338 e. The van der Waals surface area contributed by atoms with Crippen LogP contribution in [-0.2, 0) is 0 Å². The molecule has 0 spiro atoms. The van der Waals surface area contributed by atoms with Crippen LogP contribution in [0.3, 0.4) is 0 Å². The molecule has 1 unspecified atom stereocenters. The lowest BCUT2D eigenvalue weighted by atomic mass is 10.0. The first-order valence-corrected chi connectivity index (χ1v) is 9.00. The molecular formula is C19H15ClFN7O. The molecule has 4 aromatic rings. The molecule has 0 aliphatic rings. The Hall–Kier alpha value is -3.59. The van der Waals surface area contributed by atoms with Crippen LogP contribution in [0.2, 0.25) is 5.02 Å². The van der Waals surface area contributed by atoms with Gasteiger partial charge in [-0.2, -0.15) is 10.3 Å². The lowest BCUT2D eigenvalue weighted by molar-refractivity contribution is 0.0941. The first kappa shape index (κ1) is 18.8. The van der Waals surface area contributed by atoms with Crippen molar-refractivity contribution in [1.82, 2.24) is 35.7 Å². The third-order valence-electron chi connectivity index (χ3n) is 4.38. The van der Waals surface area contributed by atoms with E-state index in [2.05, 4.69) is 31.0 Å². The van der Waals surface area contributed by atoms with Gasteiger partial charge >= 0.3 is 0 Å². The second kappa shape index (κ2) is 7.80. The first-order chi connectivity index (χ1) is 14.0. The standard InChI is InChI=1S/C19H15ClFN7O/c1-11-9-13(4-6-16(11)28-8-2-7-22-28)19(29)23-17(18-24-26-27-25-18)12-3-5-14(20)15(21)10-12/h2-10,17H,1H3,(H,23,29)(H,24,25,26,27). The molecule has 10 heteroatoms. The number of aryl methyl sites for hydroxylation is 1. The maximum absolute atomic E-state index is 14.0. The molecular weight excluding hydrogens is 397 g/mol. The Kier molecular flexibility index (Phi) is 5.05. The van der Waals surface area contributed by atoms with Crippen LogP contribution in [0.1, 0.15) is 33.4 Å². The van der Waals surface area contributed by atoms with Crippen molar-refractivity contribution < 1.29 is 9.18 Å². The fraction of sp³-hybridized carbons (Fsp3) is 0.105. The van der Waals surface area contributed by atoms with Crippen molar-refractivity contribution in [2.24, 2.45) is 0 Å². The summed E-state index contributed by atoms with van der Waals surface area (Å²) in [5, 5.41) is 20.7. The number of amides is 1. The number of tetrazole rings is 1. The lowest BCUT2D eigenvalue weighted by Crippen LogP contribution is -2.30. The fourth-order valence-corrected chi connectivity index (χ4v) is 3.08. The Morgan fingerprint density at radius 1 is 1.28 bits per heavy atom. The van der Waals surface area contributed by atoms with Crippen molar-refractivity contribution in [3.8, 4) is 5.69 Å². The van der Waals surface area contributed by atoms with Gasteiger partial charge in [0.15, 0.2) is 0 Å². The number of hydrogen-bond donors (Lipinski definition) is 2. The Morgan fingerprint density at radius 2 is 2.14 bits per heavy atom. The SMILES string of the molecule is Cc1cc(C(=O)NC(c2ccc(Cl)c(F)c2)c2nn[nH]n2)ccc1-n1cccn1. The van der Waals surface area contributed by atoms with Crippen molar-refractivity contribution in [2.75, 3.05) is 0 Å². The maximum Gasteiger partial charge on any atom is 0.252 e. The molecule has 1 atom stereocenters. The van der Waals surface area contributed by atoms with Gasteiger partial charge in [-0.3, -0.25) is 4.79 Å². The summed E-state index contributed by atoms with van der Waals surface area (Å²) in [6.45, 7) is 1.89. The van der Waals surface area contributed by atoms with Gasteiger partial charge in [-0.1, -0.05) is 22.9 Å². The Morgan fingerprint density at radius 3 is 2.79 bits per heavy atom. The molecule has 29 heavy (non-hydrogen) atoms.